The van der Waals surface area contributed by atoms with Crippen LogP contribution in [0.5, 0.6) is 5.75 Å². The first-order chi connectivity index (χ1) is 7.34. The predicted octanol–water partition coefficient (Wildman–Crippen LogP) is 1.45. The Labute approximate surface area is 97.8 Å². The molecular weight excluding hydrogens is 249 g/mol. The zero-order chi connectivity index (χ0) is 10.5. The number of benzene rings is 1. The third kappa shape index (κ3) is 3.10. The van der Waals surface area contributed by atoms with Crippen LogP contribution < -0.4 is 9.09 Å². The van der Waals surface area contributed by atoms with Gasteiger partial charge in [0.1, 0.15) is 0 Å². The Hall–Kier alpha value is -1.27. The summed E-state index contributed by atoms with van der Waals surface area (Å²) in [4.78, 5) is 4.06. The summed E-state index contributed by atoms with van der Waals surface area (Å²) >= 11 is 2.45. The van der Waals surface area contributed by atoms with Gasteiger partial charge in [-0.3, -0.25) is 0 Å². The van der Waals surface area contributed by atoms with Crippen LogP contribution in [-0.4, -0.2) is 21.8 Å². The summed E-state index contributed by atoms with van der Waals surface area (Å²) in [5.41, 5.74) is 1.16. The summed E-state index contributed by atoms with van der Waals surface area (Å²) in [6.07, 6.45) is 3.51. The molecule has 0 atom stereocenters. The molecule has 0 spiro atoms. The molecule has 0 unspecified atom stereocenters. The molecule has 0 aliphatic carbocycles. The summed E-state index contributed by atoms with van der Waals surface area (Å²) in [7, 11) is 0. The second kappa shape index (κ2) is 4.99. The average molecular weight is 259 g/mol. The summed E-state index contributed by atoms with van der Waals surface area (Å²) in [5, 5.41) is 0. The Morgan fingerprint density at radius 2 is 1.93 bits per heavy atom. The van der Waals surface area contributed by atoms with Crippen molar-refractivity contribution < 1.29 is 4.74 Å². The summed E-state index contributed by atoms with van der Waals surface area (Å²) in [6, 6.07) is 12.0. The number of nitrogens with zero attached hydrogens (tertiary/aromatic N) is 1. The van der Waals surface area contributed by atoms with Gasteiger partial charge in [0.2, 0.25) is 0 Å². The summed E-state index contributed by atoms with van der Waals surface area (Å²) in [6.45, 7) is 0.582. The first-order valence-corrected chi connectivity index (χ1v) is 5.59. The molecule has 2 rings (SSSR count). The van der Waals surface area contributed by atoms with Gasteiger partial charge in [-0.2, -0.15) is 0 Å². The van der Waals surface area contributed by atoms with Crippen molar-refractivity contribution in [2.45, 2.75) is 6.61 Å². The fourth-order valence-corrected chi connectivity index (χ4v) is 1.63. The van der Waals surface area contributed by atoms with Crippen molar-refractivity contribution in [1.29, 1.82) is 0 Å². The van der Waals surface area contributed by atoms with Crippen molar-refractivity contribution in [2.75, 3.05) is 0 Å². The number of hydrogen-bond donors (Lipinski definition) is 0. The van der Waals surface area contributed by atoms with Gasteiger partial charge in [-0.15, -0.1) is 0 Å². The Morgan fingerprint density at radius 3 is 2.67 bits per heavy atom. The Kier molecular flexibility index (Phi) is 3.41. The molecular formula is C12H10AsNO. The van der Waals surface area contributed by atoms with E-state index in [1.54, 1.807) is 12.4 Å². The molecule has 74 valence electrons. The van der Waals surface area contributed by atoms with Gasteiger partial charge in [0.25, 0.3) is 0 Å². The van der Waals surface area contributed by atoms with E-state index >= 15 is 0 Å². The Bertz CT molecular complexity index is 431. The monoisotopic (exact) mass is 259 g/mol. The summed E-state index contributed by atoms with van der Waals surface area (Å²) < 4.78 is 6.65. The number of hydrogen-bond acceptors (Lipinski definition) is 2. The van der Waals surface area contributed by atoms with E-state index in [1.807, 2.05) is 36.4 Å². The van der Waals surface area contributed by atoms with Crippen molar-refractivity contribution in [3.63, 3.8) is 0 Å². The van der Waals surface area contributed by atoms with Crippen LogP contribution in [0.3, 0.4) is 0 Å². The van der Waals surface area contributed by atoms with Gasteiger partial charge >= 0.3 is 97.6 Å². The summed E-state index contributed by atoms with van der Waals surface area (Å²) in [5.74, 6) is 0.803. The van der Waals surface area contributed by atoms with E-state index in [1.165, 1.54) is 0 Å². The maximum atomic E-state index is 5.60. The van der Waals surface area contributed by atoms with Crippen LogP contribution in [0, 0.1) is 0 Å². The van der Waals surface area contributed by atoms with E-state index in [9.17, 15) is 0 Å². The standard InChI is InChI=1S/C12H10AsNO/c13-11-6-12(8-14-7-11)15-9-10-4-2-1-3-5-10/h1-8H,9H2. The van der Waals surface area contributed by atoms with Gasteiger partial charge in [0.15, 0.2) is 0 Å². The van der Waals surface area contributed by atoms with Gasteiger partial charge in [-0.05, 0) is 0 Å². The van der Waals surface area contributed by atoms with Crippen molar-refractivity contribution in [3.05, 3.63) is 54.4 Å². The normalized spacial score (nSPS) is 9.93. The molecule has 2 radical (unpaired) electrons. The van der Waals surface area contributed by atoms with Crippen molar-refractivity contribution in [2.24, 2.45) is 0 Å². The van der Waals surface area contributed by atoms with Crippen LogP contribution in [0.15, 0.2) is 48.8 Å². The maximum absolute atomic E-state index is 5.60. The van der Waals surface area contributed by atoms with E-state index in [0.29, 0.717) is 6.61 Å². The first kappa shape index (κ1) is 10.3. The predicted molar refractivity (Wildman–Crippen MR) is 60.4 cm³/mol. The van der Waals surface area contributed by atoms with E-state index < -0.39 is 0 Å². The molecule has 3 heteroatoms. The molecule has 2 aromatic rings. The second-order valence-corrected chi connectivity index (χ2v) is 4.24. The average Bonchev–Trinajstić information content (AvgIpc) is 2.28. The fraction of sp³-hybridized carbons (Fsp3) is 0.0833. The zero-order valence-electron chi connectivity index (χ0n) is 8.13. The molecule has 0 aliphatic heterocycles. The zero-order valence-corrected chi connectivity index (χ0v) is 10.0. The van der Waals surface area contributed by atoms with Crippen LogP contribution in [0.2, 0.25) is 0 Å². The molecule has 15 heavy (non-hydrogen) atoms. The molecule has 0 bridgehead atoms. The van der Waals surface area contributed by atoms with Crippen LogP contribution in [0.1, 0.15) is 5.56 Å². The van der Waals surface area contributed by atoms with Gasteiger partial charge in [0, 0.05) is 0 Å². The van der Waals surface area contributed by atoms with Crippen molar-refractivity contribution in [1.82, 2.24) is 4.98 Å². The van der Waals surface area contributed by atoms with Crippen molar-refractivity contribution in [3.8, 4) is 5.75 Å². The molecule has 1 aromatic carbocycles. The van der Waals surface area contributed by atoms with E-state index in [2.05, 4.69) is 21.8 Å². The minimum absolute atomic E-state index is 0.582. The third-order valence-electron chi connectivity index (χ3n) is 1.95. The molecule has 0 aliphatic rings. The minimum atomic E-state index is 0.582. The van der Waals surface area contributed by atoms with Crippen LogP contribution >= 0.6 is 0 Å². The fourth-order valence-electron chi connectivity index (χ4n) is 1.23. The third-order valence-corrected chi connectivity index (χ3v) is 2.46. The van der Waals surface area contributed by atoms with Gasteiger partial charge < -0.3 is 0 Å². The quantitative estimate of drug-likeness (QED) is 0.778. The molecule has 0 N–H and O–H groups in total. The van der Waals surface area contributed by atoms with Crippen LogP contribution in [0.25, 0.3) is 0 Å². The first-order valence-electron chi connectivity index (χ1n) is 4.65. The van der Waals surface area contributed by atoms with Gasteiger partial charge in [-0.1, -0.05) is 0 Å². The number of aromatic nitrogens is 1. The number of pyridine rings is 1. The number of rotatable bonds is 3. The van der Waals surface area contributed by atoms with E-state index in [0.717, 1.165) is 15.7 Å². The van der Waals surface area contributed by atoms with Crippen LogP contribution in [0.4, 0.5) is 0 Å². The van der Waals surface area contributed by atoms with E-state index in [-0.39, 0.29) is 0 Å². The van der Waals surface area contributed by atoms with E-state index in [4.69, 9.17) is 4.74 Å². The van der Waals surface area contributed by atoms with Crippen molar-refractivity contribution >= 4 is 21.2 Å². The SMILES string of the molecule is [As]c1cncc(OCc2ccccc2)c1. The molecule has 0 saturated heterocycles. The topological polar surface area (TPSA) is 22.1 Å². The van der Waals surface area contributed by atoms with Crippen LogP contribution in [-0.2, 0) is 6.61 Å². The molecule has 1 aromatic heterocycles. The molecule has 0 saturated carbocycles. The molecule has 1 heterocycles. The molecule has 2 nitrogen and oxygen atoms in total. The Balaban J connectivity index is 1.99. The Morgan fingerprint density at radius 1 is 1.13 bits per heavy atom. The van der Waals surface area contributed by atoms with Gasteiger partial charge in [-0.25, -0.2) is 0 Å². The molecule has 0 fully saturated rings. The molecule has 0 amide bonds. The van der Waals surface area contributed by atoms with Gasteiger partial charge in [0.05, 0.1) is 0 Å². The number of ether oxygens (including phenoxy) is 1. The second-order valence-electron chi connectivity index (χ2n) is 3.15.